The zero-order chi connectivity index (χ0) is 12.6. The molecule has 0 radical (unpaired) electrons. The largest absolute Gasteiger partial charge is 0.543 e. The van der Waals surface area contributed by atoms with Gasteiger partial charge in [0.05, 0.1) is 0 Å². The summed E-state index contributed by atoms with van der Waals surface area (Å²) in [4.78, 5) is 0. The van der Waals surface area contributed by atoms with E-state index in [9.17, 15) is 0 Å². The molecular formula is C12H20ClNOSi. The summed E-state index contributed by atoms with van der Waals surface area (Å²) >= 11 is 5.95. The maximum atomic E-state index is 6.10. The normalized spacial score (nSPS) is 12.6. The minimum absolute atomic E-state index is 0.171. The number of halogens is 1. The van der Waals surface area contributed by atoms with Gasteiger partial charge in [0.25, 0.3) is 0 Å². The molecule has 0 saturated heterocycles. The molecule has 0 spiro atoms. The van der Waals surface area contributed by atoms with Crippen LogP contribution in [0.25, 0.3) is 0 Å². The molecule has 0 amide bonds. The Bertz CT molecular complexity index is 365. The number of hydrogen-bond donors (Lipinski definition) is 1. The Morgan fingerprint density at radius 3 is 2.19 bits per heavy atom. The van der Waals surface area contributed by atoms with Crippen LogP contribution >= 0.6 is 11.6 Å². The lowest BCUT2D eigenvalue weighted by atomic mass is 10.2. The van der Waals surface area contributed by atoms with Crippen LogP contribution in [0, 0.1) is 0 Å². The zero-order valence-corrected chi connectivity index (χ0v) is 12.4. The second kappa shape index (κ2) is 4.30. The molecular weight excluding hydrogens is 238 g/mol. The number of anilines is 1. The van der Waals surface area contributed by atoms with Crippen molar-refractivity contribution in [3.8, 4) is 5.75 Å². The average molecular weight is 258 g/mol. The third-order valence-electron chi connectivity index (χ3n) is 3.07. The van der Waals surface area contributed by atoms with E-state index in [1.165, 1.54) is 0 Å². The molecule has 0 aliphatic rings. The fraction of sp³-hybridized carbons (Fsp3) is 0.500. The molecule has 0 aliphatic heterocycles. The van der Waals surface area contributed by atoms with Crippen molar-refractivity contribution in [3.05, 3.63) is 23.2 Å². The average Bonchev–Trinajstić information content (AvgIpc) is 1.97. The van der Waals surface area contributed by atoms with Gasteiger partial charge in [-0.15, -0.1) is 0 Å². The van der Waals surface area contributed by atoms with Gasteiger partial charge in [-0.05, 0) is 30.3 Å². The summed E-state index contributed by atoms with van der Waals surface area (Å²) in [6.07, 6.45) is 0. The molecule has 1 rings (SSSR count). The highest BCUT2D eigenvalue weighted by atomic mass is 35.5. The molecule has 1 aromatic carbocycles. The Morgan fingerprint density at radius 2 is 1.75 bits per heavy atom. The van der Waals surface area contributed by atoms with Crippen LogP contribution < -0.4 is 10.2 Å². The van der Waals surface area contributed by atoms with Crippen molar-refractivity contribution in [2.75, 3.05) is 5.73 Å². The van der Waals surface area contributed by atoms with Crippen LogP contribution in [0.2, 0.25) is 23.2 Å². The SMILES string of the molecule is CC(C)(C)[Si](C)(C)Oc1cc(N)cc(Cl)c1. The van der Waals surface area contributed by atoms with Crippen molar-refractivity contribution in [2.24, 2.45) is 0 Å². The topological polar surface area (TPSA) is 35.2 Å². The summed E-state index contributed by atoms with van der Waals surface area (Å²) in [5.41, 5.74) is 6.38. The smallest absolute Gasteiger partial charge is 0.250 e. The van der Waals surface area contributed by atoms with Gasteiger partial charge in [-0.2, -0.15) is 0 Å². The summed E-state index contributed by atoms with van der Waals surface area (Å²) in [6.45, 7) is 11.0. The molecule has 0 heterocycles. The van der Waals surface area contributed by atoms with E-state index >= 15 is 0 Å². The lowest BCUT2D eigenvalue weighted by Crippen LogP contribution is -2.43. The first-order chi connectivity index (χ1) is 7.12. The minimum atomic E-state index is -1.81. The first-order valence-corrected chi connectivity index (χ1v) is 8.65. The Balaban J connectivity index is 2.96. The van der Waals surface area contributed by atoms with E-state index < -0.39 is 8.32 Å². The van der Waals surface area contributed by atoms with Gasteiger partial charge in [-0.1, -0.05) is 32.4 Å². The van der Waals surface area contributed by atoms with Gasteiger partial charge < -0.3 is 10.2 Å². The number of nitrogens with two attached hydrogens (primary N) is 1. The van der Waals surface area contributed by atoms with Gasteiger partial charge in [0, 0.05) is 16.8 Å². The van der Waals surface area contributed by atoms with Crippen LogP contribution in [0.15, 0.2) is 18.2 Å². The third kappa shape index (κ3) is 3.16. The van der Waals surface area contributed by atoms with Crippen molar-refractivity contribution in [2.45, 2.75) is 38.9 Å². The van der Waals surface area contributed by atoms with Crippen LogP contribution in [-0.2, 0) is 0 Å². The van der Waals surface area contributed by atoms with E-state index in [1.54, 1.807) is 6.07 Å². The third-order valence-corrected chi connectivity index (χ3v) is 7.65. The van der Waals surface area contributed by atoms with Crippen LogP contribution in [-0.4, -0.2) is 8.32 Å². The maximum absolute atomic E-state index is 6.10. The summed E-state index contributed by atoms with van der Waals surface area (Å²) in [6, 6.07) is 5.37. The monoisotopic (exact) mass is 257 g/mol. The quantitative estimate of drug-likeness (QED) is 0.633. The molecule has 0 atom stereocenters. The second-order valence-electron chi connectivity index (χ2n) is 5.58. The predicted molar refractivity (Wildman–Crippen MR) is 73.7 cm³/mol. The van der Waals surface area contributed by atoms with Gasteiger partial charge in [0.15, 0.2) is 0 Å². The number of rotatable bonds is 2. The van der Waals surface area contributed by atoms with E-state index in [2.05, 4.69) is 33.9 Å². The number of nitrogen functional groups attached to an aromatic ring is 1. The van der Waals surface area contributed by atoms with Crippen molar-refractivity contribution in [1.29, 1.82) is 0 Å². The fourth-order valence-corrected chi connectivity index (χ4v) is 2.34. The minimum Gasteiger partial charge on any atom is -0.543 e. The van der Waals surface area contributed by atoms with Crippen LogP contribution in [0.1, 0.15) is 20.8 Å². The molecule has 2 N–H and O–H groups in total. The molecule has 90 valence electrons. The highest BCUT2D eigenvalue weighted by molar-refractivity contribution is 6.74. The summed E-state index contributed by atoms with van der Waals surface area (Å²) in [5, 5.41) is 0.790. The molecule has 16 heavy (non-hydrogen) atoms. The summed E-state index contributed by atoms with van der Waals surface area (Å²) < 4.78 is 6.10. The van der Waals surface area contributed by atoms with Gasteiger partial charge in [-0.3, -0.25) is 0 Å². The van der Waals surface area contributed by atoms with Crippen LogP contribution in [0.3, 0.4) is 0 Å². The van der Waals surface area contributed by atoms with Crippen LogP contribution in [0.5, 0.6) is 5.75 Å². The Kier molecular flexibility index (Phi) is 3.60. The van der Waals surface area contributed by atoms with E-state index in [4.69, 9.17) is 21.8 Å². The van der Waals surface area contributed by atoms with Crippen LogP contribution in [0.4, 0.5) is 5.69 Å². The molecule has 2 nitrogen and oxygen atoms in total. The molecule has 0 bridgehead atoms. The summed E-state index contributed by atoms with van der Waals surface area (Å²) in [5.74, 6) is 0.775. The lowest BCUT2D eigenvalue weighted by Gasteiger charge is -2.36. The van der Waals surface area contributed by atoms with E-state index in [0.29, 0.717) is 10.7 Å². The van der Waals surface area contributed by atoms with Gasteiger partial charge >= 0.3 is 0 Å². The maximum Gasteiger partial charge on any atom is 0.250 e. The predicted octanol–water partition coefficient (Wildman–Crippen LogP) is 4.31. The molecule has 0 fully saturated rings. The van der Waals surface area contributed by atoms with Gasteiger partial charge in [-0.25, -0.2) is 0 Å². The van der Waals surface area contributed by atoms with E-state index in [-0.39, 0.29) is 5.04 Å². The van der Waals surface area contributed by atoms with E-state index in [1.807, 2.05) is 12.1 Å². The van der Waals surface area contributed by atoms with Crippen molar-refractivity contribution < 1.29 is 4.43 Å². The molecule has 0 unspecified atom stereocenters. The second-order valence-corrected chi connectivity index (χ2v) is 10.7. The number of benzene rings is 1. The van der Waals surface area contributed by atoms with Gasteiger partial charge in [0.2, 0.25) is 8.32 Å². The molecule has 0 aliphatic carbocycles. The molecule has 0 aromatic heterocycles. The van der Waals surface area contributed by atoms with Gasteiger partial charge in [0.1, 0.15) is 5.75 Å². The first kappa shape index (κ1) is 13.4. The fourth-order valence-electron chi connectivity index (χ4n) is 1.09. The highest BCUT2D eigenvalue weighted by Crippen LogP contribution is 2.38. The Labute approximate surface area is 104 Å². The van der Waals surface area contributed by atoms with Crippen molar-refractivity contribution in [1.82, 2.24) is 0 Å². The molecule has 0 saturated carbocycles. The van der Waals surface area contributed by atoms with E-state index in [0.717, 1.165) is 5.75 Å². The lowest BCUT2D eigenvalue weighted by molar-refractivity contribution is 0.492. The number of hydrogen-bond acceptors (Lipinski definition) is 2. The first-order valence-electron chi connectivity index (χ1n) is 5.37. The molecule has 1 aromatic rings. The summed E-state index contributed by atoms with van der Waals surface area (Å²) in [7, 11) is -1.81. The molecule has 4 heteroatoms. The highest BCUT2D eigenvalue weighted by Gasteiger charge is 2.38. The Morgan fingerprint density at radius 1 is 1.19 bits per heavy atom. The van der Waals surface area contributed by atoms with Crippen molar-refractivity contribution >= 4 is 25.6 Å². The van der Waals surface area contributed by atoms with Crippen molar-refractivity contribution in [3.63, 3.8) is 0 Å². The standard InChI is InChI=1S/C12H20ClNOSi/c1-12(2,3)16(4,5)15-11-7-9(13)6-10(14)8-11/h6-8H,14H2,1-5H3. The zero-order valence-electron chi connectivity index (χ0n) is 10.6. The Hall–Kier alpha value is -0.673.